The predicted octanol–water partition coefficient (Wildman–Crippen LogP) is 1.66. The van der Waals surface area contributed by atoms with Crippen molar-refractivity contribution in [2.24, 2.45) is 0 Å². The third-order valence-electron chi connectivity index (χ3n) is 3.50. The minimum Gasteiger partial charge on any atom is -0.368 e. The Balaban J connectivity index is 2.82. The molecule has 0 aromatic heterocycles. The van der Waals surface area contributed by atoms with Crippen molar-refractivity contribution in [3.05, 3.63) is 46.0 Å². The van der Waals surface area contributed by atoms with Crippen LogP contribution in [0.4, 0.5) is 0 Å². The average Bonchev–Trinajstić information content (AvgIpc) is 2.44. The minimum atomic E-state index is -3.80. The number of ketones is 2. The molecule has 1 aromatic rings. The average molecular weight is 307 g/mol. The first kappa shape index (κ1) is 15.4. The molecule has 0 amide bonds. The number of hydrogen-bond acceptors (Lipinski definition) is 5. The summed E-state index contributed by atoms with van der Waals surface area (Å²) in [6.45, 7) is 4.53. The normalized spacial score (nSPS) is 15.2. The van der Waals surface area contributed by atoms with E-state index in [4.69, 9.17) is 0 Å². The third-order valence-corrected chi connectivity index (χ3v) is 4.62. The third kappa shape index (κ3) is 2.51. The van der Waals surface area contributed by atoms with Crippen LogP contribution in [0.3, 0.4) is 0 Å². The molecule has 0 aliphatic heterocycles. The molecule has 0 fully saturated rings. The van der Waals surface area contributed by atoms with E-state index in [1.165, 1.54) is 6.07 Å². The largest absolute Gasteiger partial charge is 0.368 e. The van der Waals surface area contributed by atoms with E-state index in [-0.39, 0.29) is 16.8 Å². The molecular weight excluding hydrogens is 290 g/mol. The number of carbonyl (C=O) groups is 2. The lowest BCUT2D eigenvalue weighted by molar-refractivity contribution is 0.0949. The molecule has 0 unspecified atom stereocenters. The highest BCUT2D eigenvalue weighted by atomic mass is 32.2. The van der Waals surface area contributed by atoms with Crippen LogP contribution < -0.4 is 0 Å². The summed E-state index contributed by atoms with van der Waals surface area (Å²) in [5, 5.41) is 0. The fourth-order valence-corrected chi connectivity index (χ4v) is 3.53. The number of allylic oxidation sites excluding steroid dienone is 2. The van der Waals surface area contributed by atoms with Crippen molar-refractivity contribution in [2.45, 2.75) is 13.8 Å². The van der Waals surface area contributed by atoms with E-state index in [2.05, 4.69) is 0 Å². The first-order valence-corrected chi connectivity index (χ1v) is 8.59. The van der Waals surface area contributed by atoms with Crippen LogP contribution in [0.2, 0.25) is 0 Å². The van der Waals surface area contributed by atoms with Crippen molar-refractivity contribution in [3.63, 3.8) is 0 Å². The number of nitrogens with zero attached hydrogens (tertiary/aromatic N) is 1. The van der Waals surface area contributed by atoms with Crippen LogP contribution in [0.25, 0.3) is 0 Å². The number of hydrogen-bond donors (Lipinski definition) is 0. The second-order valence-electron chi connectivity index (χ2n) is 4.83. The van der Waals surface area contributed by atoms with E-state index in [0.29, 0.717) is 13.1 Å². The molecule has 5 nitrogen and oxygen atoms in total. The van der Waals surface area contributed by atoms with Crippen LogP contribution in [-0.4, -0.2) is 44.2 Å². The maximum atomic E-state index is 12.7. The van der Waals surface area contributed by atoms with Gasteiger partial charge in [0.1, 0.15) is 10.6 Å². The number of carbonyl (C=O) groups excluding carboxylic acids is 2. The number of benzene rings is 1. The van der Waals surface area contributed by atoms with E-state index in [0.717, 1.165) is 6.26 Å². The minimum absolute atomic E-state index is 0.00815. The zero-order chi connectivity index (χ0) is 15.8. The van der Waals surface area contributed by atoms with Crippen molar-refractivity contribution >= 4 is 21.4 Å². The number of fused-ring (bicyclic) bond motifs is 1. The lowest BCUT2D eigenvalue weighted by Crippen LogP contribution is -2.36. The second-order valence-corrected chi connectivity index (χ2v) is 6.78. The number of sulfone groups is 1. The van der Waals surface area contributed by atoms with E-state index in [1.807, 2.05) is 13.8 Å². The van der Waals surface area contributed by atoms with Gasteiger partial charge in [-0.15, -0.1) is 0 Å². The maximum Gasteiger partial charge on any atom is 0.211 e. The number of likely N-dealkylation sites (N-methyl/N-ethyl adjacent to an activating group) is 1. The molecule has 6 heteroatoms. The van der Waals surface area contributed by atoms with E-state index >= 15 is 0 Å². The molecule has 0 saturated carbocycles. The molecule has 1 aliphatic carbocycles. The fraction of sp³-hybridized carbons (Fsp3) is 0.333. The zero-order valence-electron chi connectivity index (χ0n) is 12.2. The lowest BCUT2D eigenvalue weighted by Gasteiger charge is -2.28. The van der Waals surface area contributed by atoms with Gasteiger partial charge in [0.15, 0.2) is 9.84 Å². The Morgan fingerprint density at radius 1 is 0.952 bits per heavy atom. The molecule has 112 valence electrons. The second kappa shape index (κ2) is 5.44. The van der Waals surface area contributed by atoms with Crippen LogP contribution in [0, 0.1) is 0 Å². The molecule has 0 spiro atoms. The topological polar surface area (TPSA) is 71.5 Å². The smallest absolute Gasteiger partial charge is 0.211 e. The van der Waals surface area contributed by atoms with Crippen molar-refractivity contribution in [3.8, 4) is 0 Å². The molecule has 1 aromatic carbocycles. The molecule has 0 bridgehead atoms. The zero-order valence-corrected chi connectivity index (χ0v) is 13.0. The Hall–Kier alpha value is -1.95. The Morgan fingerprint density at radius 3 is 1.86 bits per heavy atom. The Kier molecular flexibility index (Phi) is 4.00. The van der Waals surface area contributed by atoms with Gasteiger partial charge in [-0.1, -0.05) is 24.3 Å². The maximum absolute atomic E-state index is 12.7. The summed E-state index contributed by atoms with van der Waals surface area (Å²) in [5.41, 5.74) is 0.404. The molecule has 0 heterocycles. The van der Waals surface area contributed by atoms with Gasteiger partial charge < -0.3 is 4.90 Å². The summed E-state index contributed by atoms with van der Waals surface area (Å²) in [4.78, 5) is 26.4. The van der Waals surface area contributed by atoms with Crippen LogP contribution in [0.1, 0.15) is 34.6 Å². The van der Waals surface area contributed by atoms with Gasteiger partial charge in [-0.3, -0.25) is 9.59 Å². The van der Waals surface area contributed by atoms with Crippen molar-refractivity contribution in [2.75, 3.05) is 19.3 Å². The Labute approximate surface area is 124 Å². The molecule has 0 N–H and O–H groups in total. The van der Waals surface area contributed by atoms with Gasteiger partial charge in [-0.2, -0.15) is 0 Å². The van der Waals surface area contributed by atoms with Gasteiger partial charge in [0, 0.05) is 30.5 Å². The van der Waals surface area contributed by atoms with Crippen LogP contribution >= 0.6 is 0 Å². The highest BCUT2D eigenvalue weighted by molar-refractivity contribution is 7.95. The quantitative estimate of drug-likeness (QED) is 0.846. The summed E-state index contributed by atoms with van der Waals surface area (Å²) in [7, 11) is -3.80. The first-order valence-electron chi connectivity index (χ1n) is 6.70. The van der Waals surface area contributed by atoms with Crippen LogP contribution in [0.15, 0.2) is 34.9 Å². The molecule has 0 atom stereocenters. The Morgan fingerprint density at radius 2 is 1.43 bits per heavy atom. The van der Waals surface area contributed by atoms with E-state index in [1.54, 1.807) is 23.1 Å². The van der Waals surface area contributed by atoms with Gasteiger partial charge in [-0.25, -0.2) is 8.42 Å². The molecular formula is C15H17NO4S. The molecule has 21 heavy (non-hydrogen) atoms. The Bertz CT molecular complexity index is 743. The monoisotopic (exact) mass is 307 g/mol. The highest BCUT2D eigenvalue weighted by Gasteiger charge is 2.38. The lowest BCUT2D eigenvalue weighted by atomic mass is 9.92. The molecule has 0 radical (unpaired) electrons. The van der Waals surface area contributed by atoms with Gasteiger partial charge >= 0.3 is 0 Å². The fourth-order valence-electron chi connectivity index (χ4n) is 2.51. The number of rotatable bonds is 4. The van der Waals surface area contributed by atoms with Crippen molar-refractivity contribution < 1.29 is 18.0 Å². The standard InChI is InChI=1S/C15H17NO4S/c1-4-16(5-2)12-13(17)10-8-6-7-9-11(10)14(18)15(12)21(3,19)20/h6-9H,4-5H2,1-3H3. The van der Waals surface area contributed by atoms with Crippen molar-refractivity contribution in [1.82, 2.24) is 4.90 Å². The summed E-state index contributed by atoms with van der Waals surface area (Å²) in [6, 6.07) is 6.32. The molecule has 2 rings (SSSR count). The summed E-state index contributed by atoms with van der Waals surface area (Å²) < 4.78 is 24.1. The van der Waals surface area contributed by atoms with Gasteiger partial charge in [0.2, 0.25) is 11.6 Å². The highest BCUT2D eigenvalue weighted by Crippen LogP contribution is 2.30. The number of Topliss-reactive ketones (excluding diaryl/α,β-unsaturated/α-hetero) is 2. The van der Waals surface area contributed by atoms with Gasteiger partial charge in [0.05, 0.1) is 0 Å². The molecule has 0 saturated heterocycles. The van der Waals surface area contributed by atoms with Gasteiger partial charge in [-0.05, 0) is 13.8 Å². The summed E-state index contributed by atoms with van der Waals surface area (Å²) in [6.07, 6.45) is 0.963. The molecule has 1 aliphatic rings. The summed E-state index contributed by atoms with van der Waals surface area (Å²) >= 11 is 0. The van der Waals surface area contributed by atoms with Crippen LogP contribution in [0.5, 0.6) is 0 Å². The SMILES string of the molecule is CCN(CC)C1=C(S(C)(=O)=O)C(=O)c2ccccc2C1=O. The van der Waals surface area contributed by atoms with Gasteiger partial charge in [0.25, 0.3) is 0 Å². The summed E-state index contributed by atoms with van der Waals surface area (Å²) in [5.74, 6) is -1.01. The predicted molar refractivity (Wildman–Crippen MR) is 79.9 cm³/mol. The van der Waals surface area contributed by atoms with E-state index in [9.17, 15) is 18.0 Å². The van der Waals surface area contributed by atoms with Crippen LogP contribution in [-0.2, 0) is 9.84 Å². The van der Waals surface area contributed by atoms with Crippen molar-refractivity contribution in [1.29, 1.82) is 0 Å². The first-order chi connectivity index (χ1) is 9.82. The van der Waals surface area contributed by atoms with E-state index < -0.39 is 26.3 Å².